The van der Waals surface area contributed by atoms with Gasteiger partial charge in [-0.25, -0.2) is 0 Å². The normalized spacial score (nSPS) is 12.7. The van der Waals surface area contributed by atoms with Gasteiger partial charge in [-0.2, -0.15) is 0 Å². The molecule has 0 saturated carbocycles. The van der Waals surface area contributed by atoms with Crippen molar-refractivity contribution in [1.82, 2.24) is 0 Å². The van der Waals surface area contributed by atoms with Crippen LogP contribution in [0.15, 0.2) is 121 Å². The van der Waals surface area contributed by atoms with Gasteiger partial charge in [-0.1, -0.05) is 0 Å². The number of benzene rings is 4. The molecule has 0 aliphatic rings. The van der Waals surface area contributed by atoms with E-state index < -0.39 is 30.6 Å². The van der Waals surface area contributed by atoms with Gasteiger partial charge in [0, 0.05) is 0 Å². The average Bonchev–Trinajstić information content (AvgIpc) is 2.84. The Morgan fingerprint density at radius 1 is 0.516 bits per heavy atom. The summed E-state index contributed by atoms with van der Waals surface area (Å²) in [5.74, 6) is 0. The van der Waals surface area contributed by atoms with Gasteiger partial charge in [-0.3, -0.25) is 0 Å². The van der Waals surface area contributed by atoms with Crippen LogP contribution in [0.4, 0.5) is 0 Å². The van der Waals surface area contributed by atoms with Gasteiger partial charge >= 0.3 is 202 Å². The van der Waals surface area contributed by atoms with Gasteiger partial charge in [0.2, 0.25) is 0 Å². The van der Waals surface area contributed by atoms with Crippen molar-refractivity contribution in [3.05, 3.63) is 121 Å². The summed E-state index contributed by atoms with van der Waals surface area (Å²) in [5, 5.41) is 5.45. The third-order valence-electron chi connectivity index (χ3n) is 4.95. The number of rotatable bonds is 8. The van der Waals surface area contributed by atoms with Gasteiger partial charge in [0.15, 0.2) is 0 Å². The molecule has 1 unspecified atom stereocenters. The molecule has 4 rings (SSSR count). The Morgan fingerprint density at radius 3 is 1.16 bits per heavy atom. The number of hydrogen-bond acceptors (Lipinski definition) is 0. The summed E-state index contributed by atoms with van der Waals surface area (Å²) < 4.78 is 0.251. The molecule has 4 aromatic carbocycles. The molecule has 0 aromatic heterocycles. The van der Waals surface area contributed by atoms with Crippen molar-refractivity contribution in [2.45, 2.75) is 4.13 Å². The molecular weight excluding hydrogens is 552 g/mol. The van der Waals surface area contributed by atoms with E-state index in [9.17, 15) is 0 Å². The van der Waals surface area contributed by atoms with Crippen molar-refractivity contribution in [1.29, 1.82) is 0 Å². The number of halogens is 2. The molecule has 0 nitrogen and oxygen atoms in total. The van der Waals surface area contributed by atoms with Gasteiger partial charge in [0.25, 0.3) is 0 Å². The summed E-state index contributed by atoms with van der Waals surface area (Å²) in [6.07, 6.45) is 0.993. The fourth-order valence-corrected chi connectivity index (χ4v) is 16.4. The fourth-order valence-electron chi connectivity index (χ4n) is 3.53. The second kappa shape index (κ2) is 11.7. The topological polar surface area (TPSA) is 0 Å². The average molecular weight is 575 g/mol. The molecule has 0 amide bonds. The van der Waals surface area contributed by atoms with Crippen molar-refractivity contribution in [3.8, 4) is 0 Å². The zero-order chi connectivity index (χ0) is 21.5. The molecule has 0 bridgehead atoms. The Kier molecular flexibility index (Phi) is 8.76. The van der Waals surface area contributed by atoms with E-state index in [0.717, 1.165) is 6.16 Å². The first kappa shape index (κ1) is 23.2. The van der Waals surface area contributed by atoms with E-state index in [2.05, 4.69) is 121 Å². The molecule has 0 radical (unpaired) electrons. The van der Waals surface area contributed by atoms with E-state index in [1.165, 1.54) is 21.2 Å². The first-order valence-corrected chi connectivity index (χ1v) is 17.8. The van der Waals surface area contributed by atoms with Crippen molar-refractivity contribution in [2.24, 2.45) is 0 Å². The van der Waals surface area contributed by atoms with E-state index in [1.807, 2.05) is 0 Å². The van der Waals surface area contributed by atoms with Crippen molar-refractivity contribution in [3.63, 3.8) is 0 Å². The Bertz CT molecular complexity index is 969. The summed E-state index contributed by atoms with van der Waals surface area (Å²) in [6, 6.07) is 43.3. The molecule has 4 aromatic rings. The van der Waals surface area contributed by atoms with Crippen LogP contribution in [-0.2, 0) is 14.7 Å². The van der Waals surface area contributed by atoms with Crippen molar-refractivity contribution in [2.75, 3.05) is 6.16 Å². The molecule has 0 spiro atoms. The Balaban J connectivity index is 1.78. The van der Waals surface area contributed by atoms with E-state index in [0.29, 0.717) is 0 Å². The third kappa shape index (κ3) is 6.07. The van der Waals surface area contributed by atoms with Crippen LogP contribution in [0, 0.1) is 0 Å². The molecule has 0 N–H and O–H groups in total. The minimum absolute atomic E-state index is 0.251. The maximum absolute atomic E-state index is 6.87. The van der Waals surface area contributed by atoms with Crippen LogP contribution in [0.5, 0.6) is 0 Å². The van der Waals surface area contributed by atoms with E-state index in [-0.39, 0.29) is 4.13 Å². The van der Waals surface area contributed by atoms with Crippen LogP contribution in [0.25, 0.3) is 0 Å². The van der Waals surface area contributed by atoms with Gasteiger partial charge in [0.1, 0.15) is 0 Å². The Morgan fingerprint density at radius 2 is 0.839 bits per heavy atom. The van der Waals surface area contributed by atoms with Gasteiger partial charge in [-0.15, -0.1) is 0 Å². The van der Waals surface area contributed by atoms with Crippen LogP contribution >= 0.6 is 34.9 Å². The fraction of sp³-hybridized carbons (Fsp3) is 0.0769. The molecule has 1 atom stereocenters. The molecule has 5 heteroatoms. The van der Waals surface area contributed by atoms with Crippen molar-refractivity contribution < 1.29 is 14.7 Å². The van der Waals surface area contributed by atoms with Crippen LogP contribution in [0.1, 0.15) is 0 Å². The summed E-state index contributed by atoms with van der Waals surface area (Å²) in [7, 11) is 12.5. The first-order chi connectivity index (χ1) is 15.2. The van der Waals surface area contributed by atoms with Crippen molar-refractivity contribution >= 4 is 56.1 Å². The SMILES string of the molecule is [Cl][Pd]([Cl])[CH](CP(c1ccccc1)c1ccccc1)P(c1ccccc1)c1ccccc1. The van der Waals surface area contributed by atoms with Crippen LogP contribution in [-0.4, -0.2) is 10.3 Å². The van der Waals surface area contributed by atoms with Gasteiger partial charge < -0.3 is 0 Å². The summed E-state index contributed by atoms with van der Waals surface area (Å²) in [4.78, 5) is 0. The molecule has 31 heavy (non-hydrogen) atoms. The van der Waals surface area contributed by atoms with Crippen LogP contribution in [0.2, 0.25) is 0 Å². The standard InChI is InChI=1S/C26H23P2.2ClH.Pd/c1-5-13-23(14-6-1)27(24-15-7-2-8-16-24)21-22-28(25-17-9-3-10-18-25)26-19-11-4-12-20-26;;;/h1-21H,22H2;2*1H;/q;;;+2/p-2. The van der Waals surface area contributed by atoms with E-state index >= 15 is 0 Å². The molecule has 0 fully saturated rings. The van der Waals surface area contributed by atoms with E-state index in [4.69, 9.17) is 19.1 Å². The third-order valence-corrected chi connectivity index (χ3v) is 17.1. The van der Waals surface area contributed by atoms with E-state index in [1.54, 1.807) is 0 Å². The second-order valence-electron chi connectivity index (χ2n) is 6.90. The Hall–Kier alpha value is -1.02. The van der Waals surface area contributed by atoms with Crippen LogP contribution in [0.3, 0.4) is 0 Å². The molecule has 0 aliphatic heterocycles. The summed E-state index contributed by atoms with van der Waals surface area (Å²) in [5.41, 5.74) is 0. The van der Waals surface area contributed by atoms with Gasteiger partial charge in [-0.05, 0) is 0 Å². The van der Waals surface area contributed by atoms with Gasteiger partial charge in [0.05, 0.1) is 0 Å². The van der Waals surface area contributed by atoms with Crippen LogP contribution < -0.4 is 21.2 Å². The summed E-state index contributed by atoms with van der Waals surface area (Å²) in [6.45, 7) is 0. The summed E-state index contributed by atoms with van der Waals surface area (Å²) >= 11 is -1.75. The maximum atomic E-state index is 6.87. The minimum atomic E-state index is -1.75. The molecule has 0 heterocycles. The predicted octanol–water partition coefficient (Wildman–Crippen LogP) is 6.50. The second-order valence-corrected chi connectivity index (χ2v) is 18.0. The first-order valence-electron chi connectivity index (χ1n) is 9.94. The molecule has 161 valence electrons. The molecule has 0 saturated heterocycles. The molecule has 0 aliphatic carbocycles. The number of hydrogen-bond donors (Lipinski definition) is 0. The monoisotopic (exact) mass is 573 g/mol. The predicted molar refractivity (Wildman–Crippen MR) is 139 cm³/mol. The zero-order valence-corrected chi connectivity index (χ0v) is 21.7. The zero-order valence-electron chi connectivity index (χ0n) is 16.8. The Labute approximate surface area is 201 Å². The molecular formula is C26H23Cl2P2Pd. The quantitative estimate of drug-likeness (QED) is 0.166.